The molecule has 2 aliphatic rings. The van der Waals surface area contributed by atoms with Gasteiger partial charge in [0.2, 0.25) is 10.0 Å². The molecular formula is C23H30N4O3S. The van der Waals surface area contributed by atoms with Gasteiger partial charge in [0.15, 0.2) is 0 Å². The molecule has 0 atom stereocenters. The van der Waals surface area contributed by atoms with Crippen LogP contribution < -0.4 is 5.32 Å². The van der Waals surface area contributed by atoms with Gasteiger partial charge in [-0.3, -0.25) is 4.90 Å². The van der Waals surface area contributed by atoms with E-state index in [0.29, 0.717) is 31.1 Å². The van der Waals surface area contributed by atoms with E-state index in [1.165, 1.54) is 9.87 Å². The first-order valence-electron chi connectivity index (χ1n) is 10.9. The van der Waals surface area contributed by atoms with Crippen LogP contribution in [0.4, 0.5) is 4.79 Å². The predicted octanol–water partition coefficient (Wildman–Crippen LogP) is 2.37. The topological polar surface area (TPSA) is 73.0 Å². The van der Waals surface area contributed by atoms with Gasteiger partial charge in [0, 0.05) is 51.9 Å². The summed E-state index contributed by atoms with van der Waals surface area (Å²) in [5.41, 5.74) is 1.31. The van der Waals surface area contributed by atoms with Crippen molar-refractivity contribution in [2.75, 3.05) is 39.3 Å². The molecule has 2 heterocycles. The largest absolute Gasteiger partial charge is 0.335 e. The third-order valence-corrected chi connectivity index (χ3v) is 7.98. The fourth-order valence-corrected chi connectivity index (χ4v) is 5.66. The Bertz CT molecular complexity index is 953. The average Bonchev–Trinajstić information content (AvgIpc) is 2.82. The summed E-state index contributed by atoms with van der Waals surface area (Å²) < 4.78 is 27.0. The number of benzene rings is 2. The number of hydrogen-bond acceptors (Lipinski definition) is 4. The zero-order valence-corrected chi connectivity index (χ0v) is 18.5. The summed E-state index contributed by atoms with van der Waals surface area (Å²) in [5, 5.41) is 3.15. The zero-order valence-electron chi connectivity index (χ0n) is 17.7. The molecule has 0 radical (unpaired) electrons. The maximum Gasteiger partial charge on any atom is 0.317 e. The lowest BCUT2D eigenvalue weighted by atomic mass is 10.0. The Balaban J connectivity index is 1.22. The Kier molecular flexibility index (Phi) is 6.89. The number of piperidine rings is 1. The fourth-order valence-electron chi connectivity index (χ4n) is 4.22. The van der Waals surface area contributed by atoms with Crippen LogP contribution in [-0.2, 0) is 16.6 Å². The van der Waals surface area contributed by atoms with Gasteiger partial charge < -0.3 is 10.2 Å². The number of likely N-dealkylation sites (tertiary alicyclic amines) is 1. The third-order valence-electron chi connectivity index (χ3n) is 6.07. The number of piperazine rings is 1. The van der Waals surface area contributed by atoms with E-state index in [1.807, 2.05) is 6.07 Å². The van der Waals surface area contributed by atoms with E-state index in [2.05, 4.69) is 34.5 Å². The van der Waals surface area contributed by atoms with Gasteiger partial charge in [0.05, 0.1) is 4.90 Å². The number of carbonyl (C=O) groups is 1. The molecule has 0 saturated carbocycles. The smallest absolute Gasteiger partial charge is 0.317 e. The van der Waals surface area contributed by atoms with Crippen LogP contribution in [0.3, 0.4) is 0 Å². The van der Waals surface area contributed by atoms with Crippen LogP contribution >= 0.6 is 0 Å². The SMILES string of the molecule is O=C(NC1CCN(Cc2ccccc2)CC1)N1CCN(S(=O)(=O)c2ccccc2)CC1. The number of hydrogen-bond donors (Lipinski definition) is 1. The van der Waals surface area contributed by atoms with Crippen molar-refractivity contribution in [3.05, 3.63) is 66.2 Å². The summed E-state index contributed by atoms with van der Waals surface area (Å²) >= 11 is 0. The fraction of sp³-hybridized carbons (Fsp3) is 0.435. The quantitative estimate of drug-likeness (QED) is 0.772. The van der Waals surface area contributed by atoms with Crippen molar-refractivity contribution in [3.8, 4) is 0 Å². The number of nitrogens with zero attached hydrogens (tertiary/aromatic N) is 3. The summed E-state index contributed by atoms with van der Waals surface area (Å²) in [7, 11) is -3.50. The van der Waals surface area contributed by atoms with Crippen molar-refractivity contribution in [3.63, 3.8) is 0 Å². The monoisotopic (exact) mass is 442 g/mol. The minimum Gasteiger partial charge on any atom is -0.335 e. The van der Waals surface area contributed by atoms with Crippen LogP contribution in [0.15, 0.2) is 65.6 Å². The second-order valence-corrected chi connectivity index (χ2v) is 10.1. The van der Waals surface area contributed by atoms with Gasteiger partial charge in [-0.25, -0.2) is 13.2 Å². The number of nitrogens with one attached hydrogen (secondary N) is 1. The van der Waals surface area contributed by atoms with Crippen molar-refractivity contribution >= 4 is 16.1 Å². The molecule has 2 aliphatic heterocycles. The molecule has 7 nitrogen and oxygen atoms in total. The second-order valence-electron chi connectivity index (χ2n) is 8.19. The highest BCUT2D eigenvalue weighted by Crippen LogP contribution is 2.18. The lowest BCUT2D eigenvalue weighted by molar-refractivity contribution is 0.154. The van der Waals surface area contributed by atoms with Gasteiger partial charge in [0.25, 0.3) is 0 Å². The Hall–Kier alpha value is -2.42. The number of amides is 2. The normalized spacial score (nSPS) is 19.3. The molecule has 0 aliphatic carbocycles. The van der Waals surface area contributed by atoms with E-state index in [4.69, 9.17) is 0 Å². The highest BCUT2D eigenvalue weighted by atomic mass is 32.2. The van der Waals surface area contributed by atoms with Crippen molar-refractivity contribution in [2.45, 2.75) is 30.3 Å². The van der Waals surface area contributed by atoms with Crippen molar-refractivity contribution in [1.29, 1.82) is 0 Å². The molecule has 2 amide bonds. The Labute approximate surface area is 184 Å². The predicted molar refractivity (Wildman–Crippen MR) is 120 cm³/mol. The first kappa shape index (κ1) is 21.8. The van der Waals surface area contributed by atoms with Crippen LogP contribution in [0.25, 0.3) is 0 Å². The zero-order chi connectivity index (χ0) is 21.7. The minimum absolute atomic E-state index is 0.0849. The van der Waals surface area contributed by atoms with E-state index in [0.717, 1.165) is 32.5 Å². The molecule has 0 unspecified atom stereocenters. The molecule has 0 spiro atoms. The summed E-state index contributed by atoms with van der Waals surface area (Å²) in [6.07, 6.45) is 1.86. The van der Waals surface area contributed by atoms with Crippen LogP contribution in [-0.4, -0.2) is 73.9 Å². The summed E-state index contributed by atoms with van der Waals surface area (Å²) in [6, 6.07) is 19.0. The number of sulfonamides is 1. The molecule has 4 rings (SSSR count). The molecule has 2 saturated heterocycles. The van der Waals surface area contributed by atoms with E-state index < -0.39 is 10.0 Å². The number of rotatable bonds is 5. The standard InChI is InChI=1S/C23H30N4O3S/c28-23(24-21-11-13-25(14-12-21)19-20-7-3-1-4-8-20)26-15-17-27(18-16-26)31(29,30)22-9-5-2-6-10-22/h1-10,21H,11-19H2,(H,24,28). The molecule has 166 valence electrons. The second kappa shape index (κ2) is 9.80. The highest BCUT2D eigenvalue weighted by molar-refractivity contribution is 7.89. The lowest BCUT2D eigenvalue weighted by Gasteiger charge is -2.36. The van der Waals surface area contributed by atoms with E-state index in [1.54, 1.807) is 35.2 Å². The molecule has 0 bridgehead atoms. The van der Waals surface area contributed by atoms with Gasteiger partial charge >= 0.3 is 6.03 Å². The molecular weight excluding hydrogens is 412 g/mol. The molecule has 2 aromatic carbocycles. The number of urea groups is 1. The number of carbonyl (C=O) groups excluding carboxylic acids is 1. The Morgan fingerprint density at radius 1 is 0.839 bits per heavy atom. The first-order chi connectivity index (χ1) is 15.0. The Morgan fingerprint density at radius 2 is 1.42 bits per heavy atom. The average molecular weight is 443 g/mol. The van der Waals surface area contributed by atoms with E-state index in [-0.39, 0.29) is 12.1 Å². The van der Waals surface area contributed by atoms with Crippen molar-refractivity contribution in [2.24, 2.45) is 0 Å². The highest BCUT2D eigenvalue weighted by Gasteiger charge is 2.31. The molecule has 0 aromatic heterocycles. The van der Waals surface area contributed by atoms with Gasteiger partial charge in [-0.05, 0) is 30.5 Å². The van der Waals surface area contributed by atoms with Gasteiger partial charge in [-0.2, -0.15) is 4.31 Å². The van der Waals surface area contributed by atoms with Gasteiger partial charge in [-0.1, -0.05) is 48.5 Å². The van der Waals surface area contributed by atoms with E-state index >= 15 is 0 Å². The van der Waals surface area contributed by atoms with Crippen LogP contribution in [0.2, 0.25) is 0 Å². The molecule has 2 aromatic rings. The van der Waals surface area contributed by atoms with Crippen LogP contribution in [0.5, 0.6) is 0 Å². The molecule has 31 heavy (non-hydrogen) atoms. The maximum absolute atomic E-state index is 12.7. The molecule has 1 N–H and O–H groups in total. The molecule has 8 heteroatoms. The molecule has 2 fully saturated rings. The Morgan fingerprint density at radius 3 is 2.03 bits per heavy atom. The summed E-state index contributed by atoms with van der Waals surface area (Å²) in [4.78, 5) is 17.2. The van der Waals surface area contributed by atoms with Gasteiger partial charge in [0.1, 0.15) is 0 Å². The van der Waals surface area contributed by atoms with Crippen LogP contribution in [0.1, 0.15) is 18.4 Å². The van der Waals surface area contributed by atoms with Crippen molar-refractivity contribution < 1.29 is 13.2 Å². The summed E-state index contributed by atoms with van der Waals surface area (Å²) in [5.74, 6) is 0. The van der Waals surface area contributed by atoms with Crippen molar-refractivity contribution in [1.82, 2.24) is 19.4 Å². The maximum atomic E-state index is 12.7. The van der Waals surface area contributed by atoms with E-state index in [9.17, 15) is 13.2 Å². The third kappa shape index (κ3) is 5.44. The van der Waals surface area contributed by atoms with Gasteiger partial charge in [-0.15, -0.1) is 0 Å². The summed E-state index contributed by atoms with van der Waals surface area (Å²) in [6.45, 7) is 4.32. The van der Waals surface area contributed by atoms with Crippen LogP contribution in [0, 0.1) is 0 Å². The first-order valence-corrected chi connectivity index (χ1v) is 12.3. The minimum atomic E-state index is -3.50. The lowest BCUT2D eigenvalue weighted by Crippen LogP contribution is -2.55.